The third kappa shape index (κ3) is 6.98. The number of piperazine rings is 1. The normalized spacial score (nSPS) is 16.3. The summed E-state index contributed by atoms with van der Waals surface area (Å²) in [6.07, 6.45) is 0.940. The van der Waals surface area contributed by atoms with E-state index in [0.29, 0.717) is 6.54 Å². The zero-order valence-electron chi connectivity index (χ0n) is 17.8. The Morgan fingerprint density at radius 3 is 2.00 bits per heavy atom. The van der Waals surface area contributed by atoms with Crippen molar-refractivity contribution in [1.29, 1.82) is 0 Å². The standard InChI is InChI=1S/C22H35N3O2/c1-17(26)18-7-9-19(10-8-18)25-13-11-24(12-14-25)15-20(27)23-22(5,6)16-21(2,3)4/h7-10H,11-16H2,1-6H3,(H,23,27). The molecule has 1 fully saturated rings. The van der Waals surface area contributed by atoms with Crippen molar-refractivity contribution in [2.45, 2.75) is 53.5 Å². The number of rotatable bonds is 6. The summed E-state index contributed by atoms with van der Waals surface area (Å²) in [4.78, 5) is 28.4. The highest BCUT2D eigenvalue weighted by Crippen LogP contribution is 2.26. The molecule has 2 rings (SSSR count). The quantitative estimate of drug-likeness (QED) is 0.777. The first-order chi connectivity index (χ1) is 12.5. The summed E-state index contributed by atoms with van der Waals surface area (Å²) < 4.78 is 0. The highest BCUT2D eigenvalue weighted by Gasteiger charge is 2.28. The zero-order chi connectivity index (χ0) is 20.2. The van der Waals surface area contributed by atoms with E-state index >= 15 is 0 Å². The molecule has 5 nitrogen and oxygen atoms in total. The molecule has 0 unspecified atom stereocenters. The Bertz CT molecular complexity index is 651. The third-order valence-electron chi connectivity index (χ3n) is 4.83. The van der Waals surface area contributed by atoms with Gasteiger partial charge in [0, 0.05) is 43.0 Å². The van der Waals surface area contributed by atoms with Gasteiger partial charge in [-0.05, 0) is 56.9 Å². The molecule has 150 valence electrons. The van der Waals surface area contributed by atoms with Crippen molar-refractivity contribution in [3.8, 4) is 0 Å². The first-order valence-electron chi connectivity index (χ1n) is 9.85. The van der Waals surface area contributed by atoms with Crippen LogP contribution in [0.4, 0.5) is 5.69 Å². The van der Waals surface area contributed by atoms with Crippen LogP contribution < -0.4 is 10.2 Å². The minimum Gasteiger partial charge on any atom is -0.369 e. The van der Waals surface area contributed by atoms with E-state index in [2.05, 4.69) is 49.7 Å². The van der Waals surface area contributed by atoms with Crippen molar-refractivity contribution in [3.63, 3.8) is 0 Å². The van der Waals surface area contributed by atoms with Crippen LogP contribution in [0.15, 0.2) is 24.3 Å². The molecule has 0 aliphatic carbocycles. The van der Waals surface area contributed by atoms with Crippen LogP contribution in [-0.2, 0) is 4.79 Å². The fourth-order valence-corrected chi connectivity index (χ4v) is 4.06. The molecule has 1 saturated heterocycles. The van der Waals surface area contributed by atoms with Crippen LogP contribution in [-0.4, -0.2) is 54.9 Å². The Morgan fingerprint density at radius 2 is 1.52 bits per heavy atom. The molecule has 1 aliphatic rings. The van der Waals surface area contributed by atoms with Crippen LogP contribution in [0.1, 0.15) is 58.3 Å². The number of carbonyl (C=O) groups is 2. The average molecular weight is 374 g/mol. The predicted octanol–water partition coefficient (Wildman–Crippen LogP) is 3.34. The Morgan fingerprint density at radius 1 is 0.963 bits per heavy atom. The number of benzene rings is 1. The van der Waals surface area contributed by atoms with Gasteiger partial charge in [0.15, 0.2) is 5.78 Å². The number of carbonyl (C=O) groups excluding carboxylic acids is 2. The van der Waals surface area contributed by atoms with E-state index in [1.807, 2.05) is 24.3 Å². The Kier molecular flexibility index (Phi) is 6.68. The summed E-state index contributed by atoms with van der Waals surface area (Å²) in [5.74, 6) is 0.190. The number of nitrogens with zero attached hydrogens (tertiary/aromatic N) is 2. The Labute approximate surface area is 164 Å². The summed E-state index contributed by atoms with van der Waals surface area (Å²) in [6.45, 7) is 16.3. The summed E-state index contributed by atoms with van der Waals surface area (Å²) in [5, 5.41) is 3.19. The van der Waals surface area contributed by atoms with Crippen LogP contribution in [0.25, 0.3) is 0 Å². The summed E-state index contributed by atoms with van der Waals surface area (Å²) in [5.41, 5.74) is 1.86. The minimum atomic E-state index is -0.199. The van der Waals surface area contributed by atoms with Crippen LogP contribution in [0.5, 0.6) is 0 Å². The molecule has 0 aromatic heterocycles. The largest absolute Gasteiger partial charge is 0.369 e. The van der Waals surface area contributed by atoms with Gasteiger partial charge in [-0.1, -0.05) is 20.8 Å². The summed E-state index contributed by atoms with van der Waals surface area (Å²) in [6, 6.07) is 7.78. The maximum atomic E-state index is 12.5. The SMILES string of the molecule is CC(=O)c1ccc(N2CCN(CC(=O)NC(C)(C)CC(C)(C)C)CC2)cc1. The smallest absolute Gasteiger partial charge is 0.234 e. The van der Waals surface area contributed by atoms with E-state index in [-0.39, 0.29) is 22.6 Å². The van der Waals surface area contributed by atoms with Crippen molar-refractivity contribution >= 4 is 17.4 Å². The van der Waals surface area contributed by atoms with E-state index in [4.69, 9.17) is 0 Å². The van der Waals surface area contributed by atoms with Crippen molar-refractivity contribution in [1.82, 2.24) is 10.2 Å². The van der Waals surface area contributed by atoms with Gasteiger partial charge in [-0.2, -0.15) is 0 Å². The molecule has 1 aliphatic heterocycles. The molecule has 0 atom stereocenters. The molecule has 1 aromatic carbocycles. The number of nitrogens with one attached hydrogen (secondary N) is 1. The first kappa shape index (κ1) is 21.4. The Balaban J connectivity index is 1.81. The van der Waals surface area contributed by atoms with Gasteiger partial charge >= 0.3 is 0 Å². The van der Waals surface area contributed by atoms with Crippen LogP contribution in [0, 0.1) is 5.41 Å². The van der Waals surface area contributed by atoms with Gasteiger partial charge in [0.05, 0.1) is 6.54 Å². The molecule has 27 heavy (non-hydrogen) atoms. The predicted molar refractivity (Wildman–Crippen MR) is 111 cm³/mol. The molecular weight excluding hydrogens is 338 g/mol. The molecule has 0 spiro atoms. The van der Waals surface area contributed by atoms with Gasteiger partial charge in [-0.25, -0.2) is 0 Å². The molecule has 0 bridgehead atoms. The fourth-order valence-electron chi connectivity index (χ4n) is 4.06. The fraction of sp³-hybridized carbons (Fsp3) is 0.636. The first-order valence-corrected chi connectivity index (χ1v) is 9.85. The van der Waals surface area contributed by atoms with Crippen LogP contribution in [0.3, 0.4) is 0 Å². The maximum Gasteiger partial charge on any atom is 0.234 e. The number of ketones is 1. The molecule has 0 radical (unpaired) electrons. The van der Waals surface area contributed by atoms with Crippen molar-refractivity contribution in [2.75, 3.05) is 37.6 Å². The maximum absolute atomic E-state index is 12.5. The van der Waals surface area contributed by atoms with Gasteiger partial charge in [0.25, 0.3) is 0 Å². The van der Waals surface area contributed by atoms with Gasteiger partial charge in [0.1, 0.15) is 0 Å². The number of hydrogen-bond acceptors (Lipinski definition) is 4. The van der Waals surface area contributed by atoms with Crippen molar-refractivity contribution in [2.24, 2.45) is 5.41 Å². The van der Waals surface area contributed by atoms with Crippen molar-refractivity contribution in [3.05, 3.63) is 29.8 Å². The second-order valence-corrected chi connectivity index (χ2v) is 9.54. The lowest BCUT2D eigenvalue weighted by Gasteiger charge is -2.37. The molecule has 1 N–H and O–H groups in total. The summed E-state index contributed by atoms with van der Waals surface area (Å²) in [7, 11) is 0. The molecule has 5 heteroatoms. The minimum absolute atomic E-state index is 0.0896. The lowest BCUT2D eigenvalue weighted by molar-refractivity contribution is -0.124. The van der Waals surface area contributed by atoms with E-state index in [9.17, 15) is 9.59 Å². The van der Waals surface area contributed by atoms with Crippen LogP contribution >= 0.6 is 0 Å². The molecule has 1 aromatic rings. The van der Waals surface area contributed by atoms with Gasteiger partial charge in [-0.15, -0.1) is 0 Å². The van der Waals surface area contributed by atoms with Crippen molar-refractivity contribution < 1.29 is 9.59 Å². The molecule has 1 heterocycles. The lowest BCUT2D eigenvalue weighted by Crippen LogP contribution is -2.53. The number of Topliss-reactive ketones (excluding diaryl/α,β-unsaturated/α-hetero) is 1. The van der Waals surface area contributed by atoms with Gasteiger partial charge < -0.3 is 10.2 Å². The van der Waals surface area contributed by atoms with E-state index in [1.165, 1.54) is 0 Å². The highest BCUT2D eigenvalue weighted by molar-refractivity contribution is 5.94. The van der Waals surface area contributed by atoms with E-state index in [0.717, 1.165) is 43.9 Å². The second-order valence-electron chi connectivity index (χ2n) is 9.54. The molecule has 1 amide bonds. The zero-order valence-corrected chi connectivity index (χ0v) is 17.8. The summed E-state index contributed by atoms with van der Waals surface area (Å²) >= 11 is 0. The second kappa shape index (κ2) is 8.42. The lowest BCUT2D eigenvalue weighted by atomic mass is 9.82. The molecular formula is C22H35N3O2. The number of anilines is 1. The van der Waals surface area contributed by atoms with E-state index in [1.54, 1.807) is 6.92 Å². The topological polar surface area (TPSA) is 52.7 Å². The monoisotopic (exact) mass is 373 g/mol. The highest BCUT2D eigenvalue weighted by atomic mass is 16.2. The van der Waals surface area contributed by atoms with Crippen LogP contribution in [0.2, 0.25) is 0 Å². The van der Waals surface area contributed by atoms with Gasteiger partial charge in [-0.3, -0.25) is 14.5 Å². The average Bonchev–Trinajstić information content (AvgIpc) is 2.52. The Hall–Kier alpha value is -1.88. The third-order valence-corrected chi connectivity index (χ3v) is 4.83. The molecule has 0 saturated carbocycles. The van der Waals surface area contributed by atoms with E-state index < -0.39 is 0 Å². The number of hydrogen-bond donors (Lipinski definition) is 1. The van der Waals surface area contributed by atoms with Gasteiger partial charge in [0.2, 0.25) is 5.91 Å². The number of amides is 1.